The third kappa shape index (κ3) is 2.76. The van der Waals surface area contributed by atoms with Gasteiger partial charge in [0.1, 0.15) is 11.3 Å². The van der Waals surface area contributed by atoms with Crippen LogP contribution in [0.1, 0.15) is 26.3 Å². The third-order valence-electron chi connectivity index (χ3n) is 3.24. The van der Waals surface area contributed by atoms with Crippen LogP contribution in [0.25, 0.3) is 6.08 Å². The molecule has 116 valence electrons. The van der Waals surface area contributed by atoms with Gasteiger partial charge in [-0.3, -0.25) is 4.79 Å². The normalized spacial score (nSPS) is 14.7. The zero-order valence-electron chi connectivity index (χ0n) is 11.3. The summed E-state index contributed by atoms with van der Waals surface area (Å²) in [5.74, 6) is -1.85. The van der Waals surface area contributed by atoms with Crippen molar-refractivity contribution < 1.29 is 24.5 Å². The van der Waals surface area contributed by atoms with Gasteiger partial charge in [-0.05, 0) is 35.9 Å². The van der Waals surface area contributed by atoms with Gasteiger partial charge in [-0.1, -0.05) is 29.3 Å². The predicted molar refractivity (Wildman–Crippen MR) is 84.5 cm³/mol. The Kier molecular flexibility index (Phi) is 3.75. The number of aromatic carboxylic acids is 1. The number of fused-ring (bicyclic) bond motifs is 1. The summed E-state index contributed by atoms with van der Waals surface area (Å²) >= 11 is 11.9. The van der Waals surface area contributed by atoms with Gasteiger partial charge in [0.2, 0.25) is 5.78 Å². The van der Waals surface area contributed by atoms with Gasteiger partial charge in [0, 0.05) is 5.02 Å². The van der Waals surface area contributed by atoms with E-state index in [-0.39, 0.29) is 33.4 Å². The molecule has 0 saturated heterocycles. The molecule has 3 rings (SSSR count). The maximum absolute atomic E-state index is 12.3. The maximum Gasteiger partial charge on any atom is 0.339 e. The van der Waals surface area contributed by atoms with Crippen LogP contribution in [0.2, 0.25) is 10.0 Å². The summed E-state index contributed by atoms with van der Waals surface area (Å²) in [6.45, 7) is 0. The Morgan fingerprint density at radius 1 is 1.17 bits per heavy atom. The van der Waals surface area contributed by atoms with Crippen LogP contribution in [-0.2, 0) is 0 Å². The first-order valence-electron chi connectivity index (χ1n) is 6.36. The smallest absolute Gasteiger partial charge is 0.339 e. The Morgan fingerprint density at radius 2 is 1.91 bits per heavy atom. The van der Waals surface area contributed by atoms with Crippen molar-refractivity contribution in [2.24, 2.45) is 0 Å². The highest BCUT2D eigenvalue weighted by Gasteiger charge is 2.30. The van der Waals surface area contributed by atoms with E-state index in [1.807, 2.05) is 0 Å². The molecule has 0 aromatic heterocycles. The number of aromatic hydroxyl groups is 1. The lowest BCUT2D eigenvalue weighted by Gasteiger charge is -2.03. The van der Waals surface area contributed by atoms with Gasteiger partial charge in [0.05, 0.1) is 10.6 Å². The summed E-state index contributed by atoms with van der Waals surface area (Å²) in [5.41, 5.74) is 0.355. The fourth-order valence-electron chi connectivity index (χ4n) is 2.18. The van der Waals surface area contributed by atoms with Crippen molar-refractivity contribution in [3.63, 3.8) is 0 Å². The molecule has 2 N–H and O–H groups in total. The van der Waals surface area contributed by atoms with Gasteiger partial charge < -0.3 is 14.9 Å². The van der Waals surface area contributed by atoms with E-state index >= 15 is 0 Å². The third-order valence-corrected chi connectivity index (χ3v) is 3.74. The quantitative estimate of drug-likeness (QED) is 0.799. The Bertz CT molecular complexity index is 886. The van der Waals surface area contributed by atoms with Crippen LogP contribution in [0.3, 0.4) is 0 Å². The van der Waals surface area contributed by atoms with Crippen molar-refractivity contribution in [1.29, 1.82) is 0 Å². The van der Waals surface area contributed by atoms with E-state index in [4.69, 9.17) is 33.0 Å². The highest BCUT2D eigenvalue weighted by molar-refractivity contribution is 6.37. The molecule has 0 spiro atoms. The summed E-state index contributed by atoms with van der Waals surface area (Å²) in [4.78, 5) is 23.3. The van der Waals surface area contributed by atoms with E-state index in [2.05, 4.69) is 0 Å². The lowest BCUT2D eigenvalue weighted by molar-refractivity contribution is 0.0693. The molecule has 0 bridgehead atoms. The number of carbonyl (C=O) groups is 2. The van der Waals surface area contributed by atoms with Gasteiger partial charge in [-0.2, -0.15) is 0 Å². The number of carboxylic acid groups (broad SMARTS) is 1. The molecule has 2 aromatic carbocycles. The number of Topliss-reactive ketones (excluding diaryl/α,β-unsaturated/α-hetero) is 1. The zero-order valence-corrected chi connectivity index (χ0v) is 12.9. The number of hydrogen-bond acceptors (Lipinski definition) is 4. The summed E-state index contributed by atoms with van der Waals surface area (Å²) in [5, 5.41) is 19.0. The number of hydrogen-bond donors (Lipinski definition) is 2. The number of phenols is 1. The molecule has 0 atom stereocenters. The number of allylic oxidation sites excluding steroid dienone is 1. The SMILES string of the molecule is O=C(O)c1cc(C=C2Oc3c(Cl)cc(Cl)cc3C2=O)ccc1O. The summed E-state index contributed by atoms with van der Waals surface area (Å²) in [6.07, 6.45) is 1.37. The fraction of sp³-hybridized carbons (Fsp3) is 0. The molecule has 1 aliphatic rings. The maximum atomic E-state index is 12.3. The molecule has 1 aliphatic heterocycles. The Balaban J connectivity index is 2.03. The van der Waals surface area contributed by atoms with Gasteiger partial charge in [-0.25, -0.2) is 4.79 Å². The van der Waals surface area contributed by atoms with Crippen LogP contribution >= 0.6 is 23.2 Å². The topological polar surface area (TPSA) is 83.8 Å². The zero-order chi connectivity index (χ0) is 16.7. The van der Waals surface area contributed by atoms with Gasteiger partial charge in [0.25, 0.3) is 0 Å². The highest BCUT2D eigenvalue weighted by atomic mass is 35.5. The fourth-order valence-corrected chi connectivity index (χ4v) is 2.71. The second-order valence-corrected chi connectivity index (χ2v) is 5.63. The van der Waals surface area contributed by atoms with Crippen molar-refractivity contribution >= 4 is 41.0 Å². The van der Waals surface area contributed by atoms with E-state index in [9.17, 15) is 14.7 Å². The molecule has 0 radical (unpaired) electrons. The molecule has 23 heavy (non-hydrogen) atoms. The molecule has 0 fully saturated rings. The Labute approximate surface area is 140 Å². The van der Waals surface area contributed by atoms with Crippen LogP contribution in [0.4, 0.5) is 0 Å². The average Bonchev–Trinajstić information content (AvgIpc) is 2.78. The number of halogens is 2. The van der Waals surface area contributed by atoms with Crippen molar-refractivity contribution in [2.75, 3.05) is 0 Å². The highest BCUT2D eigenvalue weighted by Crippen LogP contribution is 2.40. The standard InChI is InChI=1S/C16H8Cl2O5/c17-8-5-10-14(20)13(23-15(10)11(18)6-8)4-7-1-2-12(19)9(3-7)16(21)22/h1-6,19H,(H,21,22). The van der Waals surface area contributed by atoms with Crippen molar-refractivity contribution in [1.82, 2.24) is 0 Å². The van der Waals surface area contributed by atoms with E-state index in [1.54, 1.807) is 0 Å². The molecule has 0 unspecified atom stereocenters. The second-order valence-electron chi connectivity index (χ2n) is 4.79. The Morgan fingerprint density at radius 3 is 2.61 bits per heavy atom. The van der Waals surface area contributed by atoms with E-state index in [0.717, 1.165) is 0 Å². The minimum Gasteiger partial charge on any atom is -0.507 e. The number of rotatable bonds is 2. The number of benzene rings is 2. The van der Waals surface area contributed by atoms with Crippen molar-refractivity contribution in [3.05, 3.63) is 62.8 Å². The minimum absolute atomic E-state index is 0.00815. The van der Waals surface area contributed by atoms with Crippen LogP contribution in [0.15, 0.2) is 36.1 Å². The average molecular weight is 351 g/mol. The monoisotopic (exact) mass is 350 g/mol. The van der Waals surface area contributed by atoms with Crippen LogP contribution in [0, 0.1) is 0 Å². The molecule has 1 heterocycles. The number of carboxylic acids is 1. The van der Waals surface area contributed by atoms with E-state index in [1.165, 1.54) is 36.4 Å². The van der Waals surface area contributed by atoms with E-state index in [0.29, 0.717) is 10.6 Å². The first kappa shape index (κ1) is 15.4. The molecule has 0 saturated carbocycles. The number of ketones is 1. The number of carbonyl (C=O) groups excluding carboxylic acids is 1. The van der Waals surface area contributed by atoms with Gasteiger partial charge in [0.15, 0.2) is 11.5 Å². The summed E-state index contributed by atoms with van der Waals surface area (Å²) in [6, 6.07) is 6.83. The van der Waals surface area contributed by atoms with Crippen molar-refractivity contribution in [3.8, 4) is 11.5 Å². The summed E-state index contributed by atoms with van der Waals surface area (Å²) < 4.78 is 5.45. The first-order valence-corrected chi connectivity index (χ1v) is 7.12. The molecule has 5 nitrogen and oxygen atoms in total. The van der Waals surface area contributed by atoms with Crippen molar-refractivity contribution in [2.45, 2.75) is 0 Å². The lowest BCUT2D eigenvalue weighted by atomic mass is 10.1. The molecular weight excluding hydrogens is 343 g/mol. The predicted octanol–water partition coefficient (Wildman–Crippen LogP) is 4.01. The van der Waals surface area contributed by atoms with Gasteiger partial charge >= 0.3 is 5.97 Å². The van der Waals surface area contributed by atoms with Crippen LogP contribution in [-0.4, -0.2) is 22.0 Å². The van der Waals surface area contributed by atoms with Crippen LogP contribution < -0.4 is 4.74 Å². The lowest BCUT2D eigenvalue weighted by Crippen LogP contribution is -2.00. The first-order chi connectivity index (χ1) is 10.9. The molecule has 0 amide bonds. The largest absolute Gasteiger partial charge is 0.507 e. The van der Waals surface area contributed by atoms with E-state index < -0.39 is 11.8 Å². The molecular formula is C16H8Cl2O5. The van der Waals surface area contributed by atoms with Crippen LogP contribution in [0.5, 0.6) is 11.5 Å². The number of ether oxygens (including phenoxy) is 1. The van der Waals surface area contributed by atoms with Gasteiger partial charge in [-0.15, -0.1) is 0 Å². The molecule has 7 heteroatoms. The molecule has 0 aliphatic carbocycles. The summed E-state index contributed by atoms with van der Waals surface area (Å²) in [7, 11) is 0. The second kappa shape index (κ2) is 5.61. The Hall–Kier alpha value is -2.50. The molecule has 2 aromatic rings. The minimum atomic E-state index is -1.28.